The monoisotopic (exact) mass is 851 g/mol. The summed E-state index contributed by atoms with van der Waals surface area (Å²) in [5.74, 6) is -0.317. The number of ether oxygens (including phenoxy) is 4. The second-order valence-corrected chi connectivity index (χ2v) is 17.3. The van der Waals surface area contributed by atoms with Gasteiger partial charge in [-0.15, -0.1) is 0 Å². The molecule has 1 aliphatic heterocycles. The number of allylic oxidation sites excluding steroid dienone is 6. The Morgan fingerprint density at radius 3 is 1.52 bits per heavy atom. The van der Waals surface area contributed by atoms with E-state index in [0.29, 0.717) is 13.0 Å². The van der Waals surface area contributed by atoms with Gasteiger partial charge in [0, 0.05) is 13.0 Å². The van der Waals surface area contributed by atoms with E-state index in [1.54, 1.807) is 0 Å². The summed E-state index contributed by atoms with van der Waals surface area (Å²) in [6.07, 6.45) is 44.6. The summed E-state index contributed by atoms with van der Waals surface area (Å²) in [4.78, 5) is 12.8. The second kappa shape index (κ2) is 42.7. The predicted molar refractivity (Wildman–Crippen MR) is 247 cm³/mol. The molecule has 4 N–H and O–H groups in total. The van der Waals surface area contributed by atoms with Crippen LogP contribution in [0.15, 0.2) is 36.5 Å². The summed E-state index contributed by atoms with van der Waals surface area (Å²) < 4.78 is 22.9. The van der Waals surface area contributed by atoms with Crippen LogP contribution in [0.3, 0.4) is 0 Å². The van der Waals surface area contributed by atoms with Gasteiger partial charge in [-0.3, -0.25) is 4.79 Å². The lowest BCUT2D eigenvalue weighted by molar-refractivity contribution is -0.305. The maximum absolute atomic E-state index is 12.8. The van der Waals surface area contributed by atoms with Crippen molar-refractivity contribution in [1.29, 1.82) is 0 Å². The van der Waals surface area contributed by atoms with Gasteiger partial charge >= 0.3 is 5.97 Å². The molecule has 352 valence electrons. The number of carbonyl (C=O) groups is 1. The molecule has 0 aliphatic carbocycles. The van der Waals surface area contributed by atoms with Crippen molar-refractivity contribution in [3.63, 3.8) is 0 Å². The molecule has 1 saturated heterocycles. The molecule has 0 aromatic rings. The van der Waals surface area contributed by atoms with Crippen LogP contribution in [0.4, 0.5) is 0 Å². The number of unbranched alkanes of at least 4 members (excludes halogenated alkanes) is 26. The lowest BCUT2D eigenvalue weighted by Gasteiger charge is -2.39. The summed E-state index contributed by atoms with van der Waals surface area (Å²) in [5, 5.41) is 40.2. The predicted octanol–water partition coefficient (Wildman–Crippen LogP) is 11.9. The second-order valence-electron chi connectivity index (χ2n) is 17.3. The number of aliphatic hydroxyl groups excluding tert-OH is 4. The van der Waals surface area contributed by atoms with Gasteiger partial charge in [-0.25, -0.2) is 0 Å². The van der Waals surface area contributed by atoms with Crippen LogP contribution in [0.1, 0.15) is 219 Å². The Morgan fingerprint density at radius 2 is 1.00 bits per heavy atom. The SMILES string of the molecule is CCC/C=C\C/C=C\CCCCCCCCOCC(COC1OC(CO)C(O)C(O)C1O)OC(=O)CCCCCCCCCCCCC/C=C\CCCCCCCCCC. The van der Waals surface area contributed by atoms with Gasteiger partial charge in [0.2, 0.25) is 0 Å². The molecule has 0 aromatic heterocycles. The number of hydrogen-bond acceptors (Lipinski definition) is 9. The van der Waals surface area contributed by atoms with E-state index in [0.717, 1.165) is 57.8 Å². The van der Waals surface area contributed by atoms with E-state index < -0.39 is 43.4 Å². The average Bonchev–Trinajstić information content (AvgIpc) is 3.25. The van der Waals surface area contributed by atoms with Crippen molar-refractivity contribution in [3.8, 4) is 0 Å². The van der Waals surface area contributed by atoms with Crippen LogP contribution in [-0.4, -0.2) is 89.6 Å². The first kappa shape index (κ1) is 56.4. The molecule has 0 spiro atoms. The van der Waals surface area contributed by atoms with Crippen LogP contribution < -0.4 is 0 Å². The topological polar surface area (TPSA) is 135 Å². The minimum Gasteiger partial charge on any atom is -0.457 e. The van der Waals surface area contributed by atoms with Gasteiger partial charge in [-0.05, 0) is 64.2 Å². The van der Waals surface area contributed by atoms with Gasteiger partial charge in [0.15, 0.2) is 6.29 Å². The molecule has 0 aromatic carbocycles. The summed E-state index contributed by atoms with van der Waals surface area (Å²) in [6.45, 7) is 4.49. The van der Waals surface area contributed by atoms with Gasteiger partial charge in [-0.1, -0.05) is 185 Å². The van der Waals surface area contributed by atoms with Crippen LogP contribution in [0, 0.1) is 0 Å². The smallest absolute Gasteiger partial charge is 0.306 e. The lowest BCUT2D eigenvalue weighted by atomic mass is 9.99. The highest BCUT2D eigenvalue weighted by atomic mass is 16.7. The Morgan fingerprint density at radius 1 is 0.533 bits per heavy atom. The van der Waals surface area contributed by atoms with E-state index in [1.165, 1.54) is 141 Å². The van der Waals surface area contributed by atoms with Crippen molar-refractivity contribution < 1.29 is 44.2 Å². The van der Waals surface area contributed by atoms with Crippen molar-refractivity contribution in [2.24, 2.45) is 0 Å². The van der Waals surface area contributed by atoms with Gasteiger partial charge < -0.3 is 39.4 Å². The van der Waals surface area contributed by atoms with E-state index in [1.807, 2.05) is 0 Å². The zero-order valence-electron chi connectivity index (χ0n) is 38.7. The van der Waals surface area contributed by atoms with Crippen molar-refractivity contribution in [2.45, 2.75) is 256 Å². The Labute approximate surface area is 368 Å². The molecule has 1 rings (SSSR count). The number of hydrogen-bond donors (Lipinski definition) is 4. The third-order valence-corrected chi connectivity index (χ3v) is 11.5. The Kier molecular flexibility index (Phi) is 40.2. The molecule has 6 atom stereocenters. The molecule has 1 aliphatic rings. The quantitative estimate of drug-likeness (QED) is 0.0269. The molecule has 0 bridgehead atoms. The molecular formula is C51H94O9. The van der Waals surface area contributed by atoms with Crippen LogP contribution in [0.2, 0.25) is 0 Å². The fraction of sp³-hybridized carbons (Fsp3) is 0.863. The van der Waals surface area contributed by atoms with E-state index in [2.05, 4.69) is 50.3 Å². The Hall–Kier alpha value is -1.59. The van der Waals surface area contributed by atoms with Crippen molar-refractivity contribution >= 4 is 5.97 Å². The van der Waals surface area contributed by atoms with Crippen LogP contribution in [0.5, 0.6) is 0 Å². The standard InChI is InChI=1S/C51H94O9/c1-3-5-7-9-11-13-15-17-19-20-21-22-23-24-25-26-27-28-30-32-34-36-38-40-47(53)59-45(44-58-51-50(56)49(55)48(54)46(42-52)60-51)43-57-41-39-37-35-33-31-29-18-16-14-12-10-8-6-4-2/h8,10,14,16,20-21,45-46,48-52,54-56H,3-7,9,11-13,15,17-19,22-44H2,1-2H3/b10-8-,16-14-,21-20-. The minimum atomic E-state index is -1.54. The Bertz CT molecular complexity index is 1010. The summed E-state index contributed by atoms with van der Waals surface area (Å²) in [5.41, 5.74) is 0. The normalized spacial score (nSPS) is 20.3. The summed E-state index contributed by atoms with van der Waals surface area (Å²) in [6, 6.07) is 0. The highest BCUT2D eigenvalue weighted by Crippen LogP contribution is 2.23. The molecule has 6 unspecified atom stereocenters. The van der Waals surface area contributed by atoms with Gasteiger partial charge in [0.25, 0.3) is 0 Å². The first-order valence-electron chi connectivity index (χ1n) is 25.1. The van der Waals surface area contributed by atoms with E-state index in [9.17, 15) is 25.2 Å². The zero-order chi connectivity index (χ0) is 43.6. The van der Waals surface area contributed by atoms with E-state index in [-0.39, 0.29) is 19.2 Å². The number of aliphatic hydroxyl groups is 4. The lowest BCUT2D eigenvalue weighted by Crippen LogP contribution is -2.59. The molecule has 1 fully saturated rings. The maximum Gasteiger partial charge on any atom is 0.306 e. The molecule has 0 amide bonds. The van der Waals surface area contributed by atoms with E-state index in [4.69, 9.17) is 18.9 Å². The first-order chi connectivity index (χ1) is 29.4. The average molecular weight is 851 g/mol. The van der Waals surface area contributed by atoms with Crippen LogP contribution >= 0.6 is 0 Å². The van der Waals surface area contributed by atoms with Gasteiger partial charge in [-0.2, -0.15) is 0 Å². The molecule has 0 radical (unpaired) electrons. The largest absolute Gasteiger partial charge is 0.457 e. The number of carbonyl (C=O) groups excluding carboxylic acids is 1. The van der Waals surface area contributed by atoms with Crippen molar-refractivity contribution in [2.75, 3.05) is 26.4 Å². The van der Waals surface area contributed by atoms with Crippen molar-refractivity contribution in [3.05, 3.63) is 36.5 Å². The van der Waals surface area contributed by atoms with Crippen molar-refractivity contribution in [1.82, 2.24) is 0 Å². The maximum atomic E-state index is 12.8. The van der Waals surface area contributed by atoms with Crippen LogP contribution in [0.25, 0.3) is 0 Å². The molecule has 0 saturated carbocycles. The fourth-order valence-electron chi connectivity index (χ4n) is 7.58. The van der Waals surface area contributed by atoms with E-state index >= 15 is 0 Å². The Balaban J connectivity index is 2.19. The third kappa shape index (κ3) is 33.0. The molecule has 9 nitrogen and oxygen atoms in total. The van der Waals surface area contributed by atoms with Gasteiger partial charge in [0.1, 0.15) is 30.5 Å². The zero-order valence-corrected chi connectivity index (χ0v) is 38.7. The third-order valence-electron chi connectivity index (χ3n) is 11.5. The number of esters is 1. The fourth-order valence-corrected chi connectivity index (χ4v) is 7.58. The number of rotatable bonds is 43. The minimum absolute atomic E-state index is 0.117. The molecular weight excluding hydrogens is 757 g/mol. The first-order valence-corrected chi connectivity index (χ1v) is 25.1. The van der Waals surface area contributed by atoms with Gasteiger partial charge in [0.05, 0.1) is 19.8 Å². The molecule has 1 heterocycles. The summed E-state index contributed by atoms with van der Waals surface area (Å²) in [7, 11) is 0. The highest BCUT2D eigenvalue weighted by Gasteiger charge is 2.44. The summed E-state index contributed by atoms with van der Waals surface area (Å²) >= 11 is 0. The highest BCUT2D eigenvalue weighted by molar-refractivity contribution is 5.69. The molecule has 9 heteroatoms. The molecule has 60 heavy (non-hydrogen) atoms. The van der Waals surface area contributed by atoms with Crippen LogP contribution in [-0.2, 0) is 23.7 Å².